The van der Waals surface area contributed by atoms with Crippen molar-refractivity contribution in [3.05, 3.63) is 17.8 Å². The van der Waals surface area contributed by atoms with E-state index in [0.717, 1.165) is 37.4 Å². The van der Waals surface area contributed by atoms with Crippen molar-refractivity contribution in [1.29, 1.82) is 0 Å². The molecule has 3 heterocycles. The van der Waals surface area contributed by atoms with Crippen molar-refractivity contribution in [1.82, 2.24) is 15.1 Å². The third-order valence-corrected chi connectivity index (χ3v) is 6.50. The van der Waals surface area contributed by atoms with Crippen LogP contribution in [-0.2, 0) is 20.0 Å². The monoisotopic (exact) mass is 394 g/mol. The van der Waals surface area contributed by atoms with E-state index in [-0.39, 0.29) is 29.0 Å². The first-order chi connectivity index (χ1) is 12.5. The Labute approximate surface area is 162 Å². The van der Waals surface area contributed by atoms with Gasteiger partial charge in [-0.1, -0.05) is 20.8 Å². The second-order valence-electron chi connectivity index (χ2n) is 8.95. The lowest BCUT2D eigenvalue weighted by atomic mass is 9.92. The van der Waals surface area contributed by atoms with Crippen LogP contribution in [-0.4, -0.2) is 67.1 Å². The van der Waals surface area contributed by atoms with E-state index in [9.17, 15) is 13.2 Å². The van der Waals surface area contributed by atoms with Gasteiger partial charge >= 0.3 is 0 Å². The predicted octanol–water partition coefficient (Wildman–Crippen LogP) is 1.64. The summed E-state index contributed by atoms with van der Waals surface area (Å²) in [5.41, 5.74) is 0.956. The number of amides is 1. The predicted molar refractivity (Wildman–Crippen MR) is 105 cm³/mol. The molecule has 0 spiro atoms. The molecule has 0 aliphatic carbocycles. The van der Waals surface area contributed by atoms with Gasteiger partial charge in [-0.3, -0.25) is 4.79 Å². The minimum Gasteiger partial charge on any atom is -0.355 e. The van der Waals surface area contributed by atoms with Crippen LogP contribution in [0.15, 0.2) is 12.1 Å². The molecule has 0 saturated carbocycles. The number of likely N-dealkylation sites (tertiary alicyclic amines) is 1. The smallest absolute Gasteiger partial charge is 0.223 e. The van der Waals surface area contributed by atoms with Gasteiger partial charge in [-0.2, -0.15) is 5.10 Å². The van der Waals surface area contributed by atoms with Crippen molar-refractivity contribution >= 4 is 21.6 Å². The molecule has 1 aromatic rings. The van der Waals surface area contributed by atoms with Gasteiger partial charge in [0.05, 0.1) is 11.4 Å². The summed E-state index contributed by atoms with van der Waals surface area (Å²) in [6.07, 6.45) is 3.34. The van der Waals surface area contributed by atoms with Crippen LogP contribution in [0.1, 0.15) is 45.7 Å². The molecule has 2 aliphatic rings. The molecule has 150 valence electrons. The topological polar surface area (TPSA) is 83.5 Å². The summed E-state index contributed by atoms with van der Waals surface area (Å²) in [5, 5.41) is 8.75. The number of aromatic nitrogens is 2. The molecule has 3 rings (SSSR count). The Hall–Kier alpha value is -1.70. The van der Waals surface area contributed by atoms with Crippen LogP contribution in [0.2, 0.25) is 0 Å². The van der Waals surface area contributed by atoms with Crippen molar-refractivity contribution < 1.29 is 13.2 Å². The molecule has 1 amide bonds. The third kappa shape index (κ3) is 4.97. The molecule has 2 saturated heterocycles. The van der Waals surface area contributed by atoms with Crippen LogP contribution in [0.5, 0.6) is 0 Å². The second-order valence-corrected chi connectivity index (χ2v) is 11.1. The number of carbonyl (C=O) groups is 1. The molecule has 1 atom stereocenters. The fraction of sp³-hybridized carbons (Fsp3) is 0.737. The Balaban J connectivity index is 1.57. The summed E-state index contributed by atoms with van der Waals surface area (Å²) >= 11 is 0. The first-order valence-electron chi connectivity index (χ1n) is 9.59. The minimum atomic E-state index is -3.05. The SMILES string of the molecule is CC(C)(C)c1ccc(N2CCC(N3CC(CS(C)(=O)=O)CC3=O)CC2)nn1. The van der Waals surface area contributed by atoms with Gasteiger partial charge in [0.2, 0.25) is 5.91 Å². The zero-order valence-electron chi connectivity index (χ0n) is 16.7. The molecule has 1 unspecified atom stereocenters. The van der Waals surface area contributed by atoms with Crippen LogP contribution in [0.25, 0.3) is 0 Å². The molecule has 0 N–H and O–H groups in total. The lowest BCUT2D eigenvalue weighted by Gasteiger charge is -2.37. The zero-order valence-corrected chi connectivity index (χ0v) is 17.5. The van der Waals surface area contributed by atoms with Gasteiger partial charge in [0.15, 0.2) is 5.82 Å². The van der Waals surface area contributed by atoms with Crippen molar-refractivity contribution in [3.8, 4) is 0 Å². The van der Waals surface area contributed by atoms with E-state index in [2.05, 4.69) is 35.9 Å². The van der Waals surface area contributed by atoms with E-state index in [0.29, 0.717) is 13.0 Å². The Bertz CT molecular complexity index is 778. The van der Waals surface area contributed by atoms with Crippen molar-refractivity contribution in [2.75, 3.05) is 36.5 Å². The maximum Gasteiger partial charge on any atom is 0.223 e. The number of hydrogen-bond acceptors (Lipinski definition) is 6. The van der Waals surface area contributed by atoms with Crippen LogP contribution in [0.4, 0.5) is 5.82 Å². The normalized spacial score (nSPS) is 22.5. The highest BCUT2D eigenvalue weighted by Crippen LogP contribution is 2.28. The van der Waals surface area contributed by atoms with Gasteiger partial charge in [-0.05, 0) is 30.9 Å². The van der Waals surface area contributed by atoms with Crippen LogP contribution < -0.4 is 4.90 Å². The molecule has 8 heteroatoms. The molecule has 0 radical (unpaired) electrons. The quantitative estimate of drug-likeness (QED) is 0.772. The summed E-state index contributed by atoms with van der Waals surface area (Å²) in [5.74, 6) is 1.01. The number of hydrogen-bond donors (Lipinski definition) is 0. The van der Waals surface area contributed by atoms with Crippen LogP contribution >= 0.6 is 0 Å². The standard InChI is InChI=1S/C19H30N4O3S/c1-19(2,3)16-5-6-17(21-20-16)22-9-7-15(8-10-22)23-12-14(11-18(23)24)13-27(4,25)26/h5-6,14-15H,7-13H2,1-4H3. The van der Waals surface area contributed by atoms with Crippen LogP contribution in [0, 0.1) is 5.92 Å². The first kappa shape index (κ1) is 20.0. The summed E-state index contributed by atoms with van der Waals surface area (Å²) in [4.78, 5) is 16.5. The molecule has 0 aromatic carbocycles. The average molecular weight is 395 g/mol. The summed E-state index contributed by atoms with van der Waals surface area (Å²) in [7, 11) is -3.05. The Morgan fingerprint density at radius 1 is 1.15 bits per heavy atom. The molecule has 2 aliphatic heterocycles. The van der Waals surface area contributed by atoms with Gasteiger partial charge in [0.1, 0.15) is 9.84 Å². The van der Waals surface area contributed by atoms with E-state index in [1.165, 1.54) is 6.26 Å². The van der Waals surface area contributed by atoms with E-state index >= 15 is 0 Å². The molecule has 2 fully saturated rings. The Kier molecular flexibility index (Phi) is 5.47. The largest absolute Gasteiger partial charge is 0.355 e. The lowest BCUT2D eigenvalue weighted by molar-refractivity contribution is -0.130. The summed E-state index contributed by atoms with van der Waals surface area (Å²) in [6, 6.07) is 4.26. The molecule has 27 heavy (non-hydrogen) atoms. The van der Waals surface area contributed by atoms with Crippen LogP contribution in [0.3, 0.4) is 0 Å². The molecular weight excluding hydrogens is 364 g/mol. The summed E-state index contributed by atoms with van der Waals surface area (Å²) < 4.78 is 23.0. The average Bonchev–Trinajstić information content (AvgIpc) is 2.92. The third-order valence-electron chi connectivity index (χ3n) is 5.43. The maximum atomic E-state index is 12.3. The molecule has 0 bridgehead atoms. The minimum absolute atomic E-state index is 0.0167. The van der Waals surface area contributed by atoms with Gasteiger partial charge in [0, 0.05) is 43.8 Å². The Morgan fingerprint density at radius 3 is 2.33 bits per heavy atom. The van der Waals surface area contributed by atoms with Gasteiger partial charge in [-0.15, -0.1) is 5.10 Å². The fourth-order valence-corrected chi connectivity index (χ4v) is 5.08. The highest BCUT2D eigenvalue weighted by Gasteiger charge is 2.37. The highest BCUT2D eigenvalue weighted by atomic mass is 32.2. The van der Waals surface area contributed by atoms with Crippen molar-refractivity contribution in [2.45, 2.75) is 51.5 Å². The van der Waals surface area contributed by atoms with E-state index in [1.54, 1.807) is 0 Å². The number of sulfone groups is 1. The molecule has 7 nitrogen and oxygen atoms in total. The maximum absolute atomic E-state index is 12.3. The van der Waals surface area contributed by atoms with E-state index < -0.39 is 9.84 Å². The van der Waals surface area contributed by atoms with Crippen molar-refractivity contribution in [2.24, 2.45) is 5.92 Å². The lowest BCUT2D eigenvalue weighted by Crippen LogP contribution is -2.46. The number of rotatable bonds is 4. The number of piperidine rings is 1. The van der Waals surface area contributed by atoms with E-state index in [4.69, 9.17) is 0 Å². The highest BCUT2D eigenvalue weighted by molar-refractivity contribution is 7.90. The van der Waals surface area contributed by atoms with E-state index in [1.807, 2.05) is 17.0 Å². The molecular formula is C19H30N4O3S. The van der Waals surface area contributed by atoms with Crippen molar-refractivity contribution in [3.63, 3.8) is 0 Å². The fourth-order valence-electron chi connectivity index (χ4n) is 4.00. The van der Waals surface area contributed by atoms with Gasteiger partial charge in [-0.25, -0.2) is 8.42 Å². The summed E-state index contributed by atoms with van der Waals surface area (Å²) in [6.45, 7) is 8.57. The number of anilines is 1. The number of nitrogens with zero attached hydrogens (tertiary/aromatic N) is 4. The molecule has 1 aromatic heterocycles. The number of carbonyl (C=O) groups excluding carboxylic acids is 1. The first-order valence-corrected chi connectivity index (χ1v) is 11.7. The Morgan fingerprint density at radius 2 is 1.81 bits per heavy atom. The van der Waals surface area contributed by atoms with Gasteiger partial charge in [0.25, 0.3) is 0 Å². The van der Waals surface area contributed by atoms with Gasteiger partial charge < -0.3 is 9.80 Å². The zero-order chi connectivity index (χ0) is 19.8. The second kappa shape index (κ2) is 7.37.